The molecule has 1 fully saturated rings. The van der Waals surface area contributed by atoms with E-state index in [0.717, 1.165) is 30.4 Å². The lowest BCUT2D eigenvalue weighted by molar-refractivity contribution is -0.130. The number of likely N-dealkylation sites (tertiary alicyclic amines) is 1. The van der Waals surface area contributed by atoms with Crippen molar-refractivity contribution < 1.29 is 4.79 Å². The highest BCUT2D eigenvalue weighted by molar-refractivity contribution is 9.10. The van der Waals surface area contributed by atoms with Gasteiger partial charge in [0.2, 0.25) is 5.91 Å². The Hall–Kier alpha value is -1.04. The van der Waals surface area contributed by atoms with Gasteiger partial charge < -0.3 is 10.6 Å². The number of aromatic nitrogens is 2. The zero-order chi connectivity index (χ0) is 10.8. The van der Waals surface area contributed by atoms with Gasteiger partial charge in [-0.15, -0.1) is 0 Å². The third-order valence-electron chi connectivity index (χ3n) is 2.50. The van der Waals surface area contributed by atoms with Gasteiger partial charge in [-0.25, -0.2) is 0 Å². The molecule has 0 unspecified atom stereocenters. The molecule has 6 heteroatoms. The molecular weight excluding hydrogens is 260 g/mol. The van der Waals surface area contributed by atoms with Crippen molar-refractivity contribution >= 4 is 27.7 Å². The van der Waals surface area contributed by atoms with Crippen LogP contribution in [0.3, 0.4) is 0 Å². The monoisotopic (exact) mass is 272 g/mol. The minimum Gasteiger partial charge on any atom is -0.381 e. The summed E-state index contributed by atoms with van der Waals surface area (Å²) in [5.41, 5.74) is 5.57. The lowest BCUT2D eigenvalue weighted by Crippen LogP contribution is -2.31. The van der Waals surface area contributed by atoms with Crippen molar-refractivity contribution in [2.45, 2.75) is 19.4 Å². The normalized spacial score (nSPS) is 15.9. The molecule has 0 aliphatic carbocycles. The third-order valence-corrected chi connectivity index (χ3v) is 3.11. The molecule has 1 saturated heterocycles. The zero-order valence-electron chi connectivity index (χ0n) is 8.32. The molecule has 0 bridgehead atoms. The van der Waals surface area contributed by atoms with Gasteiger partial charge in [0.1, 0.15) is 6.54 Å². The molecule has 82 valence electrons. The summed E-state index contributed by atoms with van der Waals surface area (Å²) in [6.07, 6.45) is 3.94. The van der Waals surface area contributed by atoms with Gasteiger partial charge >= 0.3 is 0 Å². The number of rotatable bonds is 2. The van der Waals surface area contributed by atoms with Gasteiger partial charge in [-0.3, -0.25) is 9.48 Å². The Morgan fingerprint density at radius 1 is 1.53 bits per heavy atom. The maximum atomic E-state index is 11.7. The zero-order valence-corrected chi connectivity index (χ0v) is 9.90. The van der Waals surface area contributed by atoms with Gasteiger partial charge in [0.15, 0.2) is 5.82 Å². The van der Waals surface area contributed by atoms with Crippen LogP contribution in [0.5, 0.6) is 0 Å². The minimum atomic E-state index is 0.113. The van der Waals surface area contributed by atoms with Crippen LogP contribution in [0.15, 0.2) is 10.7 Å². The summed E-state index contributed by atoms with van der Waals surface area (Å²) in [5, 5.41) is 4.02. The van der Waals surface area contributed by atoms with Crippen LogP contribution in [0.25, 0.3) is 0 Å². The maximum absolute atomic E-state index is 11.7. The van der Waals surface area contributed by atoms with E-state index in [1.807, 2.05) is 4.90 Å². The van der Waals surface area contributed by atoms with Crippen molar-refractivity contribution in [3.05, 3.63) is 10.7 Å². The largest absolute Gasteiger partial charge is 0.381 e. The number of nitrogens with zero attached hydrogens (tertiary/aromatic N) is 3. The number of hydrogen-bond donors (Lipinski definition) is 1. The summed E-state index contributed by atoms with van der Waals surface area (Å²) >= 11 is 3.26. The van der Waals surface area contributed by atoms with Crippen LogP contribution in [0, 0.1) is 0 Å². The number of hydrogen-bond acceptors (Lipinski definition) is 3. The lowest BCUT2D eigenvalue weighted by Gasteiger charge is -2.14. The maximum Gasteiger partial charge on any atom is 0.244 e. The number of amides is 1. The number of halogens is 1. The molecule has 1 aliphatic heterocycles. The number of nitrogen functional groups attached to an aromatic ring is 1. The number of nitrogens with two attached hydrogens (primary N) is 1. The molecule has 15 heavy (non-hydrogen) atoms. The fourth-order valence-corrected chi connectivity index (χ4v) is 2.01. The van der Waals surface area contributed by atoms with Crippen molar-refractivity contribution in [2.75, 3.05) is 18.8 Å². The minimum absolute atomic E-state index is 0.113. The molecule has 2 N–H and O–H groups in total. The molecule has 0 saturated carbocycles. The van der Waals surface area contributed by atoms with Crippen molar-refractivity contribution in [2.24, 2.45) is 0 Å². The molecule has 1 amide bonds. The van der Waals surface area contributed by atoms with Gasteiger partial charge in [0.25, 0.3) is 0 Å². The summed E-state index contributed by atoms with van der Waals surface area (Å²) in [7, 11) is 0. The van der Waals surface area contributed by atoms with Gasteiger partial charge in [0, 0.05) is 19.3 Å². The summed E-state index contributed by atoms with van der Waals surface area (Å²) in [5.74, 6) is 0.534. The second-order valence-electron chi connectivity index (χ2n) is 3.65. The van der Waals surface area contributed by atoms with Gasteiger partial charge in [-0.2, -0.15) is 5.10 Å². The standard InChI is InChI=1S/C9H13BrN4O/c10-7-5-14(12-9(7)11)6-8(15)13-3-1-2-4-13/h5H,1-4,6H2,(H2,11,12). The summed E-state index contributed by atoms with van der Waals surface area (Å²) < 4.78 is 2.30. The Bertz CT molecular complexity index is 351. The molecule has 1 aromatic heterocycles. The predicted octanol–water partition coefficient (Wildman–Crippen LogP) is 0.850. The van der Waals surface area contributed by atoms with Crippen LogP contribution in [0.1, 0.15) is 12.8 Å². The van der Waals surface area contributed by atoms with Crippen LogP contribution in [0.4, 0.5) is 5.82 Å². The highest BCUT2D eigenvalue weighted by atomic mass is 79.9. The highest BCUT2D eigenvalue weighted by Gasteiger charge is 2.18. The van der Waals surface area contributed by atoms with Crippen LogP contribution in [0.2, 0.25) is 0 Å². The van der Waals surface area contributed by atoms with Crippen molar-refractivity contribution in [1.29, 1.82) is 0 Å². The number of anilines is 1. The first-order valence-corrected chi connectivity index (χ1v) is 5.72. The molecule has 0 aromatic carbocycles. The molecule has 5 nitrogen and oxygen atoms in total. The summed E-state index contributed by atoms with van der Waals surface area (Å²) in [4.78, 5) is 13.6. The molecule has 1 aliphatic rings. The Labute approximate surface area is 96.4 Å². The Balaban J connectivity index is 1.99. The van der Waals surface area contributed by atoms with E-state index < -0.39 is 0 Å². The van der Waals surface area contributed by atoms with Crippen LogP contribution < -0.4 is 5.73 Å². The Morgan fingerprint density at radius 3 is 2.73 bits per heavy atom. The van der Waals surface area contributed by atoms with Crippen LogP contribution in [-0.2, 0) is 11.3 Å². The first-order valence-electron chi connectivity index (χ1n) is 4.93. The summed E-state index contributed by atoms with van der Waals surface area (Å²) in [6.45, 7) is 2.02. The van der Waals surface area contributed by atoms with E-state index in [2.05, 4.69) is 21.0 Å². The molecule has 0 spiro atoms. The highest BCUT2D eigenvalue weighted by Crippen LogP contribution is 2.16. The van der Waals surface area contributed by atoms with E-state index in [1.165, 1.54) is 0 Å². The average molecular weight is 273 g/mol. The predicted molar refractivity (Wildman–Crippen MR) is 60.2 cm³/mol. The van der Waals surface area contributed by atoms with Gasteiger partial charge in [-0.05, 0) is 28.8 Å². The quantitative estimate of drug-likeness (QED) is 0.868. The summed E-state index contributed by atoms with van der Waals surface area (Å²) in [6, 6.07) is 0. The Kier molecular flexibility index (Phi) is 2.95. The molecular formula is C9H13BrN4O. The Morgan fingerprint density at radius 2 is 2.20 bits per heavy atom. The molecule has 2 heterocycles. The molecule has 2 rings (SSSR count). The van der Waals surface area contributed by atoms with E-state index >= 15 is 0 Å². The second-order valence-corrected chi connectivity index (χ2v) is 4.50. The fourth-order valence-electron chi connectivity index (χ4n) is 1.70. The van der Waals surface area contributed by atoms with Crippen molar-refractivity contribution in [3.63, 3.8) is 0 Å². The van der Waals surface area contributed by atoms with Gasteiger partial charge in [-0.1, -0.05) is 0 Å². The van der Waals surface area contributed by atoms with E-state index in [4.69, 9.17) is 5.73 Å². The SMILES string of the molecule is Nc1nn(CC(=O)N2CCCC2)cc1Br. The number of carbonyl (C=O) groups is 1. The number of carbonyl (C=O) groups excluding carboxylic acids is 1. The molecule has 0 radical (unpaired) electrons. The molecule has 0 atom stereocenters. The van der Waals surface area contributed by atoms with Crippen molar-refractivity contribution in [1.82, 2.24) is 14.7 Å². The topological polar surface area (TPSA) is 64.1 Å². The van der Waals surface area contributed by atoms with E-state index in [0.29, 0.717) is 5.82 Å². The molecule has 1 aromatic rings. The smallest absolute Gasteiger partial charge is 0.244 e. The third kappa shape index (κ3) is 2.31. The van der Waals surface area contributed by atoms with E-state index in [-0.39, 0.29) is 12.5 Å². The van der Waals surface area contributed by atoms with Crippen LogP contribution in [-0.4, -0.2) is 33.7 Å². The first-order chi connectivity index (χ1) is 7.16. The van der Waals surface area contributed by atoms with Gasteiger partial charge in [0.05, 0.1) is 4.47 Å². The van der Waals surface area contributed by atoms with E-state index in [1.54, 1.807) is 10.9 Å². The fraction of sp³-hybridized carbons (Fsp3) is 0.556. The van der Waals surface area contributed by atoms with Crippen molar-refractivity contribution in [3.8, 4) is 0 Å². The lowest BCUT2D eigenvalue weighted by atomic mass is 10.4. The second kappa shape index (κ2) is 4.22. The van der Waals surface area contributed by atoms with Crippen LogP contribution >= 0.6 is 15.9 Å². The first kappa shape index (κ1) is 10.5. The van der Waals surface area contributed by atoms with E-state index in [9.17, 15) is 4.79 Å². The average Bonchev–Trinajstić information content (AvgIpc) is 2.77.